The average Bonchev–Trinajstić information content (AvgIpc) is 2.30. The fraction of sp³-hybridized carbons (Fsp3) is 0.143. The Morgan fingerprint density at radius 3 is 1.72 bits per heavy atom. The van der Waals surface area contributed by atoms with Crippen LogP contribution in [-0.4, -0.2) is 0 Å². The molecule has 0 radical (unpaired) electrons. The first-order valence-corrected chi connectivity index (χ1v) is 6.19. The van der Waals surface area contributed by atoms with Gasteiger partial charge < -0.3 is 11.5 Å². The van der Waals surface area contributed by atoms with Gasteiger partial charge in [0, 0.05) is 21.4 Å². The normalized spacial score (nSPS) is 9.56. The van der Waals surface area contributed by atoms with Gasteiger partial charge in [-0.3, -0.25) is 0 Å². The van der Waals surface area contributed by atoms with Crippen LogP contribution in [-0.2, 0) is 0 Å². The van der Waals surface area contributed by atoms with Gasteiger partial charge in [0.15, 0.2) is 0 Å². The number of benzene rings is 2. The van der Waals surface area contributed by atoms with Crippen molar-refractivity contribution in [3.63, 3.8) is 0 Å². The number of anilines is 2. The fourth-order valence-corrected chi connectivity index (χ4v) is 1.58. The summed E-state index contributed by atoms with van der Waals surface area (Å²) in [5.41, 5.74) is 14.5. The number of hydrogen-bond acceptors (Lipinski definition) is 2. The van der Waals surface area contributed by atoms with Gasteiger partial charge in [-0.15, -0.1) is 0 Å². The molecule has 2 aromatic rings. The molecule has 2 nitrogen and oxygen atoms in total. The maximum atomic E-state index is 5.73. The first-order valence-electron chi connectivity index (χ1n) is 5.43. The zero-order valence-corrected chi connectivity index (χ0v) is 11.9. The highest BCUT2D eigenvalue weighted by Gasteiger charge is 1.92. The minimum Gasteiger partial charge on any atom is -0.399 e. The zero-order chi connectivity index (χ0) is 13.7. The van der Waals surface area contributed by atoms with Crippen molar-refractivity contribution in [2.24, 2.45) is 0 Å². The number of rotatable bonds is 0. The maximum absolute atomic E-state index is 5.73. The van der Waals surface area contributed by atoms with Gasteiger partial charge in [-0.1, -0.05) is 29.3 Å². The topological polar surface area (TPSA) is 52.0 Å². The van der Waals surface area contributed by atoms with Crippen molar-refractivity contribution in [2.45, 2.75) is 13.8 Å². The summed E-state index contributed by atoms with van der Waals surface area (Å²) in [6, 6.07) is 10.9. The van der Waals surface area contributed by atoms with Gasteiger partial charge in [-0.25, -0.2) is 0 Å². The highest BCUT2D eigenvalue weighted by Crippen LogP contribution is 2.17. The summed E-state index contributed by atoms with van der Waals surface area (Å²) < 4.78 is 0. The van der Waals surface area contributed by atoms with E-state index in [0.29, 0.717) is 5.69 Å². The number of aryl methyl sites for hydroxylation is 2. The van der Waals surface area contributed by atoms with Crippen LogP contribution >= 0.6 is 23.2 Å². The second-order valence-corrected chi connectivity index (χ2v) is 4.83. The van der Waals surface area contributed by atoms with E-state index in [1.54, 1.807) is 18.2 Å². The van der Waals surface area contributed by atoms with Crippen LogP contribution in [0.25, 0.3) is 0 Å². The standard InChI is InChI=1S/2C7H8ClN/c1-5-4-6(9)2-3-7(5)8;1-5-2-3-6(9)4-7(5)8/h2*2-4H,9H2,1H3. The Morgan fingerprint density at radius 1 is 0.722 bits per heavy atom. The van der Waals surface area contributed by atoms with Crippen molar-refractivity contribution in [1.29, 1.82) is 0 Å². The molecule has 0 aliphatic heterocycles. The molecule has 0 saturated carbocycles. The van der Waals surface area contributed by atoms with Crippen molar-refractivity contribution in [3.05, 3.63) is 57.6 Å². The van der Waals surface area contributed by atoms with E-state index in [0.717, 1.165) is 26.9 Å². The first-order chi connectivity index (χ1) is 8.40. The summed E-state index contributed by atoms with van der Waals surface area (Å²) in [6.45, 7) is 3.88. The molecule has 96 valence electrons. The number of nitrogen functional groups attached to an aromatic ring is 2. The highest BCUT2D eigenvalue weighted by atomic mass is 35.5. The van der Waals surface area contributed by atoms with Crippen LogP contribution in [0.15, 0.2) is 36.4 Å². The average molecular weight is 283 g/mol. The van der Waals surface area contributed by atoms with E-state index in [1.165, 1.54) is 0 Å². The van der Waals surface area contributed by atoms with E-state index < -0.39 is 0 Å². The summed E-state index contributed by atoms with van der Waals surface area (Å²) in [6.07, 6.45) is 0. The molecule has 0 fully saturated rings. The van der Waals surface area contributed by atoms with E-state index in [9.17, 15) is 0 Å². The molecule has 0 aliphatic carbocycles. The quantitative estimate of drug-likeness (QED) is 0.701. The van der Waals surface area contributed by atoms with Gasteiger partial charge in [0.2, 0.25) is 0 Å². The molecule has 0 bridgehead atoms. The molecular formula is C14H16Cl2N2. The predicted molar refractivity (Wildman–Crippen MR) is 81.2 cm³/mol. The van der Waals surface area contributed by atoms with Crippen LogP contribution in [0.1, 0.15) is 11.1 Å². The van der Waals surface area contributed by atoms with Gasteiger partial charge >= 0.3 is 0 Å². The summed E-state index contributed by atoms with van der Waals surface area (Å²) in [4.78, 5) is 0. The molecule has 0 heterocycles. The molecule has 0 unspecified atom stereocenters. The molecule has 0 aromatic heterocycles. The minimum absolute atomic E-state index is 0.714. The minimum atomic E-state index is 0.714. The summed E-state index contributed by atoms with van der Waals surface area (Å²) in [7, 11) is 0. The molecule has 0 atom stereocenters. The van der Waals surface area contributed by atoms with Crippen LogP contribution in [0.4, 0.5) is 11.4 Å². The lowest BCUT2D eigenvalue weighted by molar-refractivity contribution is 1.47. The van der Waals surface area contributed by atoms with Gasteiger partial charge in [-0.2, -0.15) is 0 Å². The van der Waals surface area contributed by atoms with Crippen molar-refractivity contribution in [1.82, 2.24) is 0 Å². The van der Waals surface area contributed by atoms with Crippen molar-refractivity contribution < 1.29 is 0 Å². The molecule has 18 heavy (non-hydrogen) atoms. The third-order valence-corrected chi connectivity index (χ3v) is 3.21. The van der Waals surface area contributed by atoms with Gasteiger partial charge in [0.05, 0.1) is 0 Å². The second kappa shape index (κ2) is 6.53. The van der Waals surface area contributed by atoms with Gasteiger partial charge in [0.1, 0.15) is 0 Å². The lowest BCUT2D eigenvalue weighted by Crippen LogP contribution is -1.84. The van der Waals surface area contributed by atoms with Gasteiger partial charge in [0.25, 0.3) is 0 Å². The molecule has 2 aromatic carbocycles. The van der Waals surface area contributed by atoms with E-state index in [-0.39, 0.29) is 0 Å². The molecule has 4 N–H and O–H groups in total. The third kappa shape index (κ3) is 4.47. The molecule has 0 saturated heterocycles. The second-order valence-electron chi connectivity index (χ2n) is 4.02. The van der Waals surface area contributed by atoms with E-state index >= 15 is 0 Å². The lowest BCUT2D eigenvalue weighted by Gasteiger charge is -1.96. The summed E-state index contributed by atoms with van der Waals surface area (Å²) in [5.74, 6) is 0. The van der Waals surface area contributed by atoms with Crippen LogP contribution in [0, 0.1) is 13.8 Å². The fourth-order valence-electron chi connectivity index (χ4n) is 1.28. The van der Waals surface area contributed by atoms with Crippen LogP contribution in [0.2, 0.25) is 10.0 Å². The third-order valence-electron chi connectivity index (χ3n) is 2.38. The SMILES string of the molecule is Cc1cc(N)ccc1Cl.Cc1ccc(N)cc1Cl. The number of hydrogen-bond donors (Lipinski definition) is 2. The summed E-state index contributed by atoms with van der Waals surface area (Å²) >= 11 is 11.5. The Balaban J connectivity index is 0.000000180. The van der Waals surface area contributed by atoms with E-state index in [4.69, 9.17) is 34.7 Å². The smallest absolute Gasteiger partial charge is 0.0455 e. The zero-order valence-electron chi connectivity index (χ0n) is 10.4. The van der Waals surface area contributed by atoms with Crippen molar-refractivity contribution in [2.75, 3.05) is 11.5 Å². The van der Waals surface area contributed by atoms with Crippen LogP contribution < -0.4 is 11.5 Å². The Labute approximate surface area is 118 Å². The van der Waals surface area contributed by atoms with Crippen molar-refractivity contribution >= 4 is 34.6 Å². The van der Waals surface area contributed by atoms with Crippen LogP contribution in [0.5, 0.6) is 0 Å². The molecule has 0 aliphatic rings. The van der Waals surface area contributed by atoms with Gasteiger partial charge in [-0.05, 0) is 55.3 Å². The molecule has 0 amide bonds. The lowest BCUT2D eigenvalue weighted by atomic mass is 10.2. The first kappa shape index (κ1) is 14.7. The Bertz CT molecular complexity index is 490. The molecule has 2 rings (SSSR count). The van der Waals surface area contributed by atoms with E-state index in [1.807, 2.05) is 32.0 Å². The molecule has 0 spiro atoms. The number of nitrogens with two attached hydrogens (primary N) is 2. The van der Waals surface area contributed by atoms with Crippen molar-refractivity contribution in [3.8, 4) is 0 Å². The summed E-state index contributed by atoms with van der Waals surface area (Å²) in [5, 5.41) is 1.50. The largest absolute Gasteiger partial charge is 0.399 e. The Morgan fingerprint density at radius 2 is 1.28 bits per heavy atom. The number of halogens is 2. The van der Waals surface area contributed by atoms with Crippen LogP contribution in [0.3, 0.4) is 0 Å². The molecular weight excluding hydrogens is 267 g/mol. The Kier molecular flexibility index (Phi) is 5.32. The Hall–Kier alpha value is -1.38. The maximum Gasteiger partial charge on any atom is 0.0455 e. The molecule has 4 heteroatoms. The predicted octanol–water partition coefficient (Wildman–Crippen LogP) is 4.46. The van der Waals surface area contributed by atoms with E-state index in [2.05, 4.69) is 0 Å². The highest BCUT2D eigenvalue weighted by molar-refractivity contribution is 6.31. The monoisotopic (exact) mass is 282 g/mol.